The smallest absolute Gasteiger partial charge is 0.315 e. The summed E-state index contributed by atoms with van der Waals surface area (Å²) in [5.41, 5.74) is 7.86. The summed E-state index contributed by atoms with van der Waals surface area (Å²) in [7, 11) is 1.69. The van der Waals surface area contributed by atoms with Gasteiger partial charge in [0.2, 0.25) is 17.7 Å². The molecule has 0 aliphatic carbocycles. The van der Waals surface area contributed by atoms with E-state index in [4.69, 9.17) is 14.2 Å². The van der Waals surface area contributed by atoms with E-state index in [9.17, 15) is 19.2 Å². The first-order chi connectivity index (χ1) is 30.0. The molecule has 16 heteroatoms. The fraction of sp³-hybridized carbons (Fsp3) is 0.404. The van der Waals surface area contributed by atoms with Gasteiger partial charge in [-0.05, 0) is 80.6 Å². The number of carbonyl (C=O) groups excluding carboxylic acids is 4. The molecule has 2 fully saturated rings. The molecule has 3 aromatic carbocycles. The number of carbonyl (C=O) groups is 4. The second kappa shape index (κ2) is 15.6. The minimum Gasteiger partial charge on any atom is -0.495 e. The number of piperidine rings is 1. The second-order valence-corrected chi connectivity index (χ2v) is 18.5. The summed E-state index contributed by atoms with van der Waals surface area (Å²) in [6.45, 7) is 17.5. The molecule has 0 spiro atoms. The van der Waals surface area contributed by atoms with E-state index in [1.54, 1.807) is 18.3 Å². The molecule has 4 amide bonds. The Morgan fingerprint density at radius 3 is 2.49 bits per heavy atom. The highest BCUT2D eigenvalue weighted by molar-refractivity contribution is 6.14. The van der Waals surface area contributed by atoms with Gasteiger partial charge in [0.15, 0.2) is 5.82 Å². The Balaban J connectivity index is 0.904. The Hall–Kier alpha value is -6.68. The quantitative estimate of drug-likeness (QED) is 0.144. The van der Waals surface area contributed by atoms with Crippen molar-refractivity contribution in [3.05, 3.63) is 88.8 Å². The molecule has 326 valence electrons. The van der Waals surface area contributed by atoms with Crippen LogP contribution >= 0.6 is 0 Å². The minimum absolute atomic E-state index is 0.0658. The Morgan fingerprint density at radius 2 is 1.79 bits per heavy atom. The zero-order valence-corrected chi connectivity index (χ0v) is 36.9. The van der Waals surface area contributed by atoms with Gasteiger partial charge in [-0.25, -0.2) is 9.97 Å². The van der Waals surface area contributed by atoms with Crippen molar-refractivity contribution in [2.45, 2.75) is 90.8 Å². The molecule has 6 aromatic rings. The van der Waals surface area contributed by atoms with Gasteiger partial charge >= 0.3 is 11.8 Å². The molecule has 3 N–H and O–H groups in total. The summed E-state index contributed by atoms with van der Waals surface area (Å²) >= 11 is 0. The van der Waals surface area contributed by atoms with Crippen LogP contribution in [-0.4, -0.2) is 93.0 Å². The highest BCUT2D eigenvalue weighted by Crippen LogP contribution is 2.45. The van der Waals surface area contributed by atoms with Crippen LogP contribution in [0.25, 0.3) is 33.2 Å². The topological polar surface area (TPSA) is 192 Å². The number of aromatic amines is 1. The first-order valence-electron chi connectivity index (χ1n) is 21.4. The summed E-state index contributed by atoms with van der Waals surface area (Å²) in [5, 5.41) is 11.2. The molecule has 0 saturated carbocycles. The number of ether oxygens (including phenoxy) is 1. The predicted octanol–water partition coefficient (Wildman–Crippen LogP) is 6.02. The Morgan fingerprint density at radius 1 is 1.02 bits per heavy atom. The van der Waals surface area contributed by atoms with Crippen LogP contribution in [0, 0.1) is 6.92 Å². The van der Waals surface area contributed by atoms with Crippen LogP contribution in [0.15, 0.2) is 59.4 Å². The van der Waals surface area contributed by atoms with Crippen molar-refractivity contribution in [3.8, 4) is 17.0 Å². The van der Waals surface area contributed by atoms with Crippen LogP contribution in [-0.2, 0) is 31.8 Å². The number of aryl methyl sites for hydroxylation is 1. The van der Waals surface area contributed by atoms with E-state index in [0.717, 1.165) is 105 Å². The van der Waals surface area contributed by atoms with E-state index >= 15 is 0 Å². The maximum atomic E-state index is 13.7. The Labute approximate surface area is 364 Å². The molecule has 63 heavy (non-hydrogen) atoms. The van der Waals surface area contributed by atoms with Gasteiger partial charge in [0.1, 0.15) is 23.8 Å². The fourth-order valence-electron chi connectivity index (χ4n) is 9.20. The van der Waals surface area contributed by atoms with Crippen molar-refractivity contribution < 1.29 is 28.4 Å². The lowest BCUT2D eigenvalue weighted by Gasteiger charge is -2.36. The number of methoxy groups -OCH3 is 1. The van der Waals surface area contributed by atoms with Crippen molar-refractivity contribution in [1.29, 1.82) is 0 Å². The standard InChI is InChI=1S/C47H52N10O6/c1-25-19-28(10-11-29(25)26(2)50-42(60)43-53-44(54-63-43)46(3,4)5)39-38-30-21-36(62-8)35(22-32(30)51-40(38)49-24-48-39)56-17-15-55(16-18-56)23-27-9-12-33-31(20-27)47(6,7)45(61)57(33)34-13-14-37(58)52-41(34)59/h9-12,19-22,24,26,34H,13-18,23H2,1-8H3,(H,50,60)(H,48,49,51)(H,52,58,59)/t26-,34?/m1/s1. The predicted molar refractivity (Wildman–Crippen MR) is 238 cm³/mol. The number of hydrogen-bond donors (Lipinski definition) is 3. The maximum Gasteiger partial charge on any atom is 0.315 e. The van der Waals surface area contributed by atoms with Crippen molar-refractivity contribution >= 4 is 56.9 Å². The average molecular weight is 853 g/mol. The second-order valence-electron chi connectivity index (χ2n) is 18.5. The Kier molecular flexibility index (Phi) is 10.3. The van der Waals surface area contributed by atoms with Crippen LogP contribution in [0.4, 0.5) is 11.4 Å². The lowest BCUT2D eigenvalue weighted by Crippen LogP contribution is -2.55. The molecule has 2 saturated heterocycles. The third-order valence-corrected chi connectivity index (χ3v) is 12.7. The summed E-state index contributed by atoms with van der Waals surface area (Å²) in [6.07, 6.45) is 2.09. The molecule has 2 atom stereocenters. The molecule has 9 rings (SSSR count). The third kappa shape index (κ3) is 7.45. The van der Waals surface area contributed by atoms with Crippen LogP contribution in [0.2, 0.25) is 0 Å². The van der Waals surface area contributed by atoms with Gasteiger partial charge in [0.25, 0.3) is 0 Å². The van der Waals surface area contributed by atoms with Crippen molar-refractivity contribution in [3.63, 3.8) is 0 Å². The normalized spacial score (nSPS) is 18.5. The Bertz CT molecular complexity index is 2830. The highest BCUT2D eigenvalue weighted by atomic mass is 16.5. The van der Waals surface area contributed by atoms with Gasteiger partial charge < -0.3 is 24.5 Å². The number of H-pyrrole nitrogens is 1. The highest BCUT2D eigenvalue weighted by Gasteiger charge is 2.49. The molecule has 3 aliphatic heterocycles. The van der Waals surface area contributed by atoms with Gasteiger partial charge in [0, 0.05) is 61.2 Å². The van der Waals surface area contributed by atoms with Crippen LogP contribution in [0.5, 0.6) is 5.75 Å². The molecular formula is C47H52N10O6. The van der Waals surface area contributed by atoms with Crippen molar-refractivity contribution in [2.75, 3.05) is 43.1 Å². The largest absolute Gasteiger partial charge is 0.495 e. The number of hydrogen-bond acceptors (Lipinski definition) is 12. The van der Waals surface area contributed by atoms with Gasteiger partial charge in [-0.3, -0.25) is 34.3 Å². The van der Waals surface area contributed by atoms with E-state index in [-0.39, 0.29) is 35.6 Å². The zero-order valence-electron chi connectivity index (χ0n) is 36.9. The molecule has 0 bridgehead atoms. The SMILES string of the molecule is COc1cc2c(cc1N1CCN(Cc3ccc4c(c3)C(C)(C)C(=O)N4C3CCC(=O)NC3=O)CC1)[nH]c1ncnc(-c3ccc([C@@H](C)NC(=O)c4nc(C(C)(C)C)no4)c(C)c3)c12. The molecule has 1 unspecified atom stereocenters. The number of anilines is 2. The first kappa shape index (κ1) is 41.7. The molecule has 16 nitrogen and oxygen atoms in total. The molecular weight excluding hydrogens is 801 g/mol. The first-order valence-corrected chi connectivity index (χ1v) is 21.4. The number of fused-ring (bicyclic) bond motifs is 4. The lowest BCUT2D eigenvalue weighted by molar-refractivity contribution is -0.136. The van der Waals surface area contributed by atoms with Crippen molar-refractivity contribution in [1.82, 2.24) is 40.6 Å². The number of nitrogens with zero attached hydrogens (tertiary/aromatic N) is 7. The number of rotatable bonds is 9. The molecule has 0 radical (unpaired) electrons. The van der Waals surface area contributed by atoms with Crippen LogP contribution in [0.3, 0.4) is 0 Å². The molecule has 6 heterocycles. The maximum absolute atomic E-state index is 13.7. The number of amides is 4. The van der Waals surface area contributed by atoms with Gasteiger partial charge in [-0.1, -0.05) is 50.2 Å². The van der Waals surface area contributed by atoms with E-state index in [2.05, 4.69) is 64.8 Å². The molecule has 3 aromatic heterocycles. The summed E-state index contributed by atoms with van der Waals surface area (Å²) < 4.78 is 11.3. The summed E-state index contributed by atoms with van der Waals surface area (Å²) in [4.78, 5) is 74.9. The van der Waals surface area contributed by atoms with Crippen LogP contribution < -0.4 is 25.2 Å². The van der Waals surface area contributed by atoms with Crippen molar-refractivity contribution in [2.24, 2.45) is 0 Å². The monoisotopic (exact) mass is 852 g/mol. The number of piperazine rings is 1. The van der Waals surface area contributed by atoms with Gasteiger partial charge in [-0.2, -0.15) is 4.98 Å². The number of benzene rings is 3. The van der Waals surface area contributed by atoms with E-state index in [0.29, 0.717) is 12.2 Å². The van der Waals surface area contributed by atoms with E-state index < -0.39 is 23.3 Å². The fourth-order valence-corrected chi connectivity index (χ4v) is 9.20. The number of imide groups is 1. The minimum atomic E-state index is -0.798. The van der Waals surface area contributed by atoms with E-state index in [1.165, 1.54) is 0 Å². The van der Waals surface area contributed by atoms with Gasteiger partial charge in [0.05, 0.1) is 40.9 Å². The van der Waals surface area contributed by atoms with Crippen LogP contribution in [0.1, 0.15) is 99.2 Å². The lowest BCUT2D eigenvalue weighted by atomic mass is 9.85. The molecule has 3 aliphatic rings. The number of aromatic nitrogens is 5. The van der Waals surface area contributed by atoms with Gasteiger partial charge in [-0.15, -0.1) is 0 Å². The zero-order chi connectivity index (χ0) is 44.5. The average Bonchev–Trinajstić information content (AvgIpc) is 3.95. The van der Waals surface area contributed by atoms with E-state index in [1.807, 2.05) is 72.7 Å². The summed E-state index contributed by atoms with van der Waals surface area (Å²) in [6, 6.07) is 15.4. The third-order valence-electron chi connectivity index (χ3n) is 12.7. The summed E-state index contributed by atoms with van der Waals surface area (Å²) in [5.74, 6) is -0.119. The number of nitrogens with one attached hydrogen (secondary N) is 3.